The first kappa shape index (κ1) is 24.4. The number of nitrogens with zero attached hydrogens (tertiary/aromatic N) is 2. The Morgan fingerprint density at radius 3 is 2.89 bits per heavy atom. The molecule has 0 unspecified atom stereocenters. The van der Waals surface area contributed by atoms with Crippen molar-refractivity contribution >= 4 is 43.4 Å². The van der Waals surface area contributed by atoms with Crippen molar-refractivity contribution in [1.29, 1.82) is 0 Å². The number of H-pyrrole nitrogens is 1. The third-order valence-electron chi connectivity index (χ3n) is 6.22. The summed E-state index contributed by atoms with van der Waals surface area (Å²) < 4.78 is 31.9. The van der Waals surface area contributed by atoms with E-state index in [1.165, 1.54) is 0 Å². The van der Waals surface area contributed by atoms with Gasteiger partial charge in [-0.3, -0.25) is 0 Å². The predicted octanol–water partition coefficient (Wildman–Crippen LogP) is 4.61. The molecule has 4 N–H and O–H groups in total. The quantitative estimate of drug-likeness (QED) is 0.157. The van der Waals surface area contributed by atoms with Crippen molar-refractivity contribution in [3.63, 3.8) is 0 Å². The molecule has 4 aromatic rings. The predicted molar refractivity (Wildman–Crippen MR) is 143 cm³/mol. The number of hydrazine groups is 1. The van der Waals surface area contributed by atoms with E-state index in [4.69, 9.17) is 22.2 Å². The molecule has 1 aliphatic rings. The van der Waals surface area contributed by atoms with Gasteiger partial charge in [0, 0.05) is 49.4 Å². The summed E-state index contributed by atoms with van der Waals surface area (Å²) >= 11 is 6.30. The van der Waals surface area contributed by atoms with Crippen molar-refractivity contribution in [2.75, 3.05) is 20.2 Å². The maximum Gasteiger partial charge on any atom is 0.181 e. The summed E-state index contributed by atoms with van der Waals surface area (Å²) in [6, 6.07) is 12.9. The maximum absolute atomic E-state index is 12.9. The first-order valence-electron chi connectivity index (χ1n) is 11.8. The second kappa shape index (κ2) is 10.0. The summed E-state index contributed by atoms with van der Waals surface area (Å²) in [4.78, 5) is 8.17. The van der Waals surface area contributed by atoms with Crippen LogP contribution in [0.1, 0.15) is 19.3 Å². The summed E-state index contributed by atoms with van der Waals surface area (Å²) in [5.41, 5.74) is 3.15. The molecule has 0 spiro atoms. The van der Waals surface area contributed by atoms with Crippen LogP contribution in [0.4, 0.5) is 0 Å². The maximum atomic E-state index is 12.9. The number of fused-ring (bicyclic) bond motifs is 3. The van der Waals surface area contributed by atoms with E-state index in [2.05, 4.69) is 15.3 Å². The first-order chi connectivity index (χ1) is 17.4. The molecular formula is C26H28ClN5O3S. The van der Waals surface area contributed by atoms with E-state index in [0.717, 1.165) is 46.7 Å². The van der Waals surface area contributed by atoms with Crippen molar-refractivity contribution in [2.24, 2.45) is 5.84 Å². The van der Waals surface area contributed by atoms with E-state index in [1.54, 1.807) is 41.8 Å². The van der Waals surface area contributed by atoms with Gasteiger partial charge in [0.2, 0.25) is 0 Å². The van der Waals surface area contributed by atoms with Crippen LogP contribution < -0.4 is 15.9 Å². The Labute approximate surface area is 215 Å². The van der Waals surface area contributed by atoms with Gasteiger partial charge in [-0.25, -0.2) is 19.2 Å². The molecule has 0 aliphatic heterocycles. The lowest BCUT2D eigenvalue weighted by Gasteiger charge is -2.14. The molecule has 36 heavy (non-hydrogen) atoms. The molecule has 5 rings (SSSR count). The van der Waals surface area contributed by atoms with Gasteiger partial charge in [0.15, 0.2) is 9.84 Å². The molecule has 8 nitrogen and oxygen atoms in total. The van der Waals surface area contributed by atoms with Crippen molar-refractivity contribution in [2.45, 2.75) is 29.4 Å². The van der Waals surface area contributed by atoms with E-state index in [9.17, 15) is 8.42 Å². The molecule has 0 atom stereocenters. The summed E-state index contributed by atoms with van der Waals surface area (Å²) in [5.74, 6) is 6.61. The molecule has 188 valence electrons. The van der Waals surface area contributed by atoms with E-state index in [-0.39, 0.29) is 5.25 Å². The van der Waals surface area contributed by atoms with Crippen molar-refractivity contribution in [3.8, 4) is 16.9 Å². The number of nitrogens with one attached hydrogen (secondary N) is 2. The molecule has 2 aromatic carbocycles. The number of nitrogens with two attached hydrogens (primary N) is 1. The fourth-order valence-electron chi connectivity index (χ4n) is 4.28. The minimum Gasteiger partial charge on any atom is -0.491 e. The minimum atomic E-state index is -3.31. The third-order valence-corrected chi connectivity index (χ3v) is 8.69. The highest BCUT2D eigenvalue weighted by Crippen LogP contribution is 2.41. The van der Waals surface area contributed by atoms with Crippen LogP contribution in [0.5, 0.6) is 5.75 Å². The normalized spacial score (nSPS) is 14.1. The largest absolute Gasteiger partial charge is 0.491 e. The molecule has 0 amide bonds. The lowest BCUT2D eigenvalue weighted by atomic mass is 9.99. The summed E-state index contributed by atoms with van der Waals surface area (Å²) in [6.45, 7) is 1.10. The second-order valence-electron chi connectivity index (χ2n) is 8.85. The molecule has 0 bridgehead atoms. The number of benzene rings is 2. The minimum absolute atomic E-state index is 0.266. The molecule has 2 heterocycles. The Kier molecular flexibility index (Phi) is 6.79. The fourth-order valence-corrected chi connectivity index (χ4v) is 6.14. The Bertz CT molecular complexity index is 1550. The number of ether oxygens (including phenoxy) is 1. The topological polar surface area (TPSA) is 113 Å². The van der Waals surface area contributed by atoms with Crippen LogP contribution >= 0.6 is 11.6 Å². The highest BCUT2D eigenvalue weighted by molar-refractivity contribution is 7.92. The summed E-state index contributed by atoms with van der Waals surface area (Å²) in [7, 11) is -1.50. The Hall–Kier alpha value is -3.27. The van der Waals surface area contributed by atoms with Gasteiger partial charge in [-0.2, -0.15) is 0 Å². The van der Waals surface area contributed by atoms with Gasteiger partial charge >= 0.3 is 0 Å². The SMILES string of the molecule is CN/C=C\N(N)CCCOc1ccc(-c2cccc(S(=O)(=O)C3CC3)c2)c2c1[nH]c1ncc(Cl)cc12. The van der Waals surface area contributed by atoms with Gasteiger partial charge in [-0.1, -0.05) is 23.7 Å². The number of sulfone groups is 1. The van der Waals surface area contributed by atoms with Crippen LogP contribution in [-0.2, 0) is 9.84 Å². The van der Waals surface area contributed by atoms with E-state index >= 15 is 0 Å². The molecule has 0 radical (unpaired) electrons. The zero-order valence-corrected chi connectivity index (χ0v) is 21.4. The first-order valence-corrected chi connectivity index (χ1v) is 13.7. The molecule has 1 aliphatic carbocycles. The lowest BCUT2D eigenvalue weighted by molar-refractivity contribution is 0.280. The van der Waals surface area contributed by atoms with Crippen molar-refractivity contribution in [3.05, 3.63) is 66.1 Å². The number of rotatable bonds is 10. The Morgan fingerprint density at radius 2 is 2.11 bits per heavy atom. The molecule has 1 fully saturated rings. The van der Waals surface area contributed by atoms with E-state index in [1.807, 2.05) is 31.3 Å². The number of halogens is 1. The van der Waals surface area contributed by atoms with Gasteiger partial charge in [0.05, 0.1) is 27.3 Å². The second-order valence-corrected chi connectivity index (χ2v) is 11.5. The van der Waals surface area contributed by atoms with Crippen LogP contribution in [0.2, 0.25) is 5.02 Å². The molecule has 10 heteroatoms. The van der Waals surface area contributed by atoms with Gasteiger partial charge in [0.25, 0.3) is 0 Å². The molecule has 2 aromatic heterocycles. The van der Waals surface area contributed by atoms with E-state index < -0.39 is 9.84 Å². The average Bonchev–Trinajstić information content (AvgIpc) is 3.67. The average molecular weight is 526 g/mol. The number of hydrogen-bond acceptors (Lipinski definition) is 7. The van der Waals surface area contributed by atoms with Crippen LogP contribution in [0.3, 0.4) is 0 Å². The Morgan fingerprint density at radius 1 is 1.28 bits per heavy atom. The van der Waals surface area contributed by atoms with E-state index in [0.29, 0.717) is 34.5 Å². The van der Waals surface area contributed by atoms with Crippen molar-refractivity contribution < 1.29 is 13.2 Å². The number of aromatic nitrogens is 2. The monoisotopic (exact) mass is 525 g/mol. The van der Waals surface area contributed by atoms with Crippen LogP contribution in [0.15, 0.2) is 66.0 Å². The molecule has 1 saturated carbocycles. The Balaban J connectivity index is 1.52. The highest BCUT2D eigenvalue weighted by atomic mass is 35.5. The smallest absolute Gasteiger partial charge is 0.181 e. The zero-order chi connectivity index (χ0) is 25.3. The lowest BCUT2D eigenvalue weighted by Crippen LogP contribution is -2.27. The van der Waals surface area contributed by atoms with Crippen LogP contribution in [-0.4, -0.2) is 48.8 Å². The number of hydrogen-bond donors (Lipinski definition) is 3. The number of aromatic amines is 1. The van der Waals surface area contributed by atoms with Gasteiger partial charge in [0.1, 0.15) is 11.4 Å². The van der Waals surface area contributed by atoms with Crippen LogP contribution in [0.25, 0.3) is 33.1 Å². The molecule has 0 saturated heterocycles. The standard InChI is InChI=1S/C26H28ClN5O3S/c1-29-10-12-32(28)11-3-13-35-23-9-8-21(24-22-15-18(27)16-30-26(22)31-25(23)24)17-4-2-5-20(14-17)36(33,34)19-6-7-19/h2,4-5,8-10,12,14-16,19,29H,3,6-7,11,13,28H2,1H3,(H,30,31)/b12-10-. The van der Waals surface area contributed by atoms with Gasteiger partial charge < -0.3 is 20.0 Å². The van der Waals surface area contributed by atoms with Gasteiger partial charge in [-0.15, -0.1) is 0 Å². The zero-order valence-electron chi connectivity index (χ0n) is 19.9. The third kappa shape index (κ3) is 4.86. The summed E-state index contributed by atoms with van der Waals surface area (Å²) in [5, 5.41) is 6.48. The highest BCUT2D eigenvalue weighted by Gasteiger charge is 2.37. The summed E-state index contributed by atoms with van der Waals surface area (Å²) in [6.07, 6.45) is 7.29. The fraction of sp³-hybridized carbons (Fsp3) is 0.269. The molecular weight excluding hydrogens is 498 g/mol. The number of pyridine rings is 1. The van der Waals surface area contributed by atoms with Crippen LogP contribution in [0, 0.1) is 0 Å². The van der Waals surface area contributed by atoms with Gasteiger partial charge in [-0.05, 0) is 54.3 Å². The van der Waals surface area contributed by atoms with Crippen molar-refractivity contribution in [1.82, 2.24) is 20.3 Å².